The lowest BCUT2D eigenvalue weighted by atomic mass is 10.3. The topological polar surface area (TPSA) is 69.0 Å². The van der Waals surface area contributed by atoms with Gasteiger partial charge in [0.2, 0.25) is 0 Å². The second-order valence-corrected chi connectivity index (χ2v) is 4.52. The predicted octanol–water partition coefficient (Wildman–Crippen LogP) is 0.367. The van der Waals surface area contributed by atoms with Crippen molar-refractivity contribution in [2.45, 2.75) is 25.0 Å². The maximum Gasteiger partial charge on any atom is 0.323 e. The van der Waals surface area contributed by atoms with Gasteiger partial charge >= 0.3 is 5.97 Å². The molecule has 1 atom stereocenters. The SMILES string of the molecule is CCNC(CSc1nnc(C)n1C)C(=O)OC. The minimum absolute atomic E-state index is 0.252. The molecule has 17 heavy (non-hydrogen) atoms. The summed E-state index contributed by atoms with van der Waals surface area (Å²) < 4.78 is 6.62. The highest BCUT2D eigenvalue weighted by Crippen LogP contribution is 2.16. The van der Waals surface area contributed by atoms with E-state index < -0.39 is 0 Å². The molecule has 1 aromatic heterocycles. The molecule has 0 saturated heterocycles. The Kier molecular flexibility index (Phi) is 5.43. The Labute approximate surface area is 105 Å². The van der Waals surface area contributed by atoms with Gasteiger partial charge in [0.05, 0.1) is 7.11 Å². The largest absolute Gasteiger partial charge is 0.468 e. The van der Waals surface area contributed by atoms with Crippen LogP contribution in [0.2, 0.25) is 0 Å². The molecule has 1 N–H and O–H groups in total. The smallest absolute Gasteiger partial charge is 0.323 e. The highest BCUT2D eigenvalue weighted by molar-refractivity contribution is 7.99. The fourth-order valence-electron chi connectivity index (χ4n) is 1.27. The number of thioether (sulfide) groups is 1. The molecule has 0 aliphatic heterocycles. The number of nitrogens with one attached hydrogen (secondary N) is 1. The van der Waals surface area contributed by atoms with Gasteiger partial charge in [-0.2, -0.15) is 0 Å². The average Bonchev–Trinajstić information content (AvgIpc) is 2.65. The van der Waals surface area contributed by atoms with Crippen LogP contribution in [0.5, 0.6) is 0 Å². The van der Waals surface area contributed by atoms with E-state index in [0.29, 0.717) is 5.75 Å². The van der Waals surface area contributed by atoms with Crippen molar-refractivity contribution in [2.24, 2.45) is 7.05 Å². The molecular formula is C10H18N4O2S. The highest BCUT2D eigenvalue weighted by atomic mass is 32.2. The minimum Gasteiger partial charge on any atom is -0.468 e. The number of methoxy groups -OCH3 is 1. The van der Waals surface area contributed by atoms with Gasteiger partial charge in [0, 0.05) is 12.8 Å². The molecule has 1 rings (SSSR count). The van der Waals surface area contributed by atoms with Crippen molar-refractivity contribution in [3.8, 4) is 0 Å². The second-order valence-electron chi connectivity index (χ2n) is 3.53. The van der Waals surface area contributed by atoms with Crippen molar-refractivity contribution >= 4 is 17.7 Å². The van der Waals surface area contributed by atoms with Crippen molar-refractivity contribution in [3.63, 3.8) is 0 Å². The molecule has 0 spiro atoms. The summed E-state index contributed by atoms with van der Waals surface area (Å²) in [5.74, 6) is 1.18. The van der Waals surface area contributed by atoms with E-state index in [2.05, 4.69) is 15.5 Å². The van der Waals surface area contributed by atoms with Crippen molar-refractivity contribution in [1.29, 1.82) is 0 Å². The van der Waals surface area contributed by atoms with E-state index in [1.165, 1.54) is 18.9 Å². The molecule has 0 aliphatic carbocycles. The summed E-state index contributed by atoms with van der Waals surface area (Å²) >= 11 is 1.49. The fraction of sp³-hybridized carbons (Fsp3) is 0.700. The molecule has 0 fully saturated rings. The zero-order valence-corrected chi connectivity index (χ0v) is 11.4. The molecule has 1 heterocycles. The molecule has 0 aromatic carbocycles. The fourth-order valence-corrected chi connectivity index (χ4v) is 2.26. The van der Waals surface area contributed by atoms with Crippen LogP contribution in [0, 0.1) is 6.92 Å². The van der Waals surface area contributed by atoms with E-state index in [4.69, 9.17) is 4.74 Å². The summed E-state index contributed by atoms with van der Waals surface area (Å²) in [5.41, 5.74) is 0. The second kappa shape index (κ2) is 6.61. The number of hydrogen-bond donors (Lipinski definition) is 1. The number of aromatic nitrogens is 3. The number of carbonyl (C=O) groups is 1. The number of hydrogen-bond acceptors (Lipinski definition) is 6. The first-order valence-electron chi connectivity index (χ1n) is 5.40. The van der Waals surface area contributed by atoms with Crippen LogP contribution in [0.25, 0.3) is 0 Å². The molecule has 6 nitrogen and oxygen atoms in total. The van der Waals surface area contributed by atoms with Gasteiger partial charge in [-0.15, -0.1) is 10.2 Å². The van der Waals surface area contributed by atoms with E-state index in [1.54, 1.807) is 0 Å². The molecule has 0 radical (unpaired) electrons. The van der Waals surface area contributed by atoms with Crippen molar-refractivity contribution < 1.29 is 9.53 Å². The van der Waals surface area contributed by atoms with Crippen LogP contribution in [0.15, 0.2) is 5.16 Å². The van der Waals surface area contributed by atoms with Gasteiger partial charge in [0.15, 0.2) is 5.16 Å². The molecular weight excluding hydrogens is 240 g/mol. The Balaban J connectivity index is 2.57. The van der Waals surface area contributed by atoms with Crippen LogP contribution < -0.4 is 5.32 Å². The first kappa shape index (κ1) is 14.0. The van der Waals surface area contributed by atoms with Crippen LogP contribution in [0.3, 0.4) is 0 Å². The summed E-state index contributed by atoms with van der Waals surface area (Å²) in [6.45, 7) is 4.56. The Hall–Kier alpha value is -1.08. The number of aryl methyl sites for hydroxylation is 1. The van der Waals surface area contributed by atoms with E-state index in [1.807, 2.05) is 25.5 Å². The summed E-state index contributed by atoms with van der Waals surface area (Å²) in [7, 11) is 3.29. The minimum atomic E-state index is -0.313. The summed E-state index contributed by atoms with van der Waals surface area (Å²) in [4.78, 5) is 11.5. The van der Waals surface area contributed by atoms with Crippen molar-refractivity contribution in [1.82, 2.24) is 20.1 Å². The summed E-state index contributed by atoms with van der Waals surface area (Å²) in [6.07, 6.45) is 0. The average molecular weight is 258 g/mol. The van der Waals surface area contributed by atoms with Crippen LogP contribution in [-0.2, 0) is 16.6 Å². The first-order chi connectivity index (χ1) is 8.10. The van der Waals surface area contributed by atoms with Gasteiger partial charge in [0.25, 0.3) is 0 Å². The Morgan fingerprint density at radius 3 is 2.76 bits per heavy atom. The maximum absolute atomic E-state index is 11.5. The molecule has 0 aliphatic rings. The van der Waals surface area contributed by atoms with E-state index >= 15 is 0 Å². The number of esters is 1. The third kappa shape index (κ3) is 3.71. The van der Waals surface area contributed by atoms with Gasteiger partial charge in [-0.05, 0) is 13.5 Å². The highest BCUT2D eigenvalue weighted by Gasteiger charge is 2.19. The Bertz CT molecular complexity index is 380. The van der Waals surface area contributed by atoms with Crippen molar-refractivity contribution in [3.05, 3.63) is 5.82 Å². The van der Waals surface area contributed by atoms with Crippen LogP contribution in [-0.4, -0.2) is 46.2 Å². The zero-order valence-electron chi connectivity index (χ0n) is 10.6. The standard InChI is InChI=1S/C10H18N4O2S/c1-5-11-8(9(15)16-4)6-17-10-13-12-7(2)14(10)3/h8,11H,5-6H2,1-4H3. The molecule has 7 heteroatoms. The lowest BCUT2D eigenvalue weighted by Gasteiger charge is -2.14. The third-order valence-electron chi connectivity index (χ3n) is 2.37. The number of rotatable bonds is 6. The molecule has 1 aromatic rings. The lowest BCUT2D eigenvalue weighted by Crippen LogP contribution is -2.39. The molecule has 1 unspecified atom stereocenters. The van der Waals surface area contributed by atoms with Gasteiger partial charge in [0.1, 0.15) is 11.9 Å². The van der Waals surface area contributed by atoms with Crippen LogP contribution in [0.4, 0.5) is 0 Å². The monoisotopic (exact) mass is 258 g/mol. The van der Waals surface area contributed by atoms with Crippen LogP contribution in [0.1, 0.15) is 12.7 Å². The van der Waals surface area contributed by atoms with E-state index in [0.717, 1.165) is 17.5 Å². The van der Waals surface area contributed by atoms with Crippen molar-refractivity contribution in [2.75, 3.05) is 19.4 Å². The van der Waals surface area contributed by atoms with E-state index in [-0.39, 0.29) is 12.0 Å². The summed E-state index contributed by atoms with van der Waals surface area (Å²) in [6, 6.07) is -0.313. The van der Waals surface area contributed by atoms with Gasteiger partial charge < -0.3 is 14.6 Å². The Morgan fingerprint density at radius 1 is 1.59 bits per heavy atom. The summed E-state index contributed by atoms with van der Waals surface area (Å²) in [5, 5.41) is 11.9. The first-order valence-corrected chi connectivity index (χ1v) is 6.38. The third-order valence-corrected chi connectivity index (χ3v) is 3.48. The normalized spacial score (nSPS) is 12.5. The van der Waals surface area contributed by atoms with Gasteiger partial charge in [-0.1, -0.05) is 18.7 Å². The lowest BCUT2D eigenvalue weighted by molar-refractivity contribution is -0.142. The maximum atomic E-state index is 11.5. The Morgan fingerprint density at radius 2 is 2.29 bits per heavy atom. The molecule has 0 saturated carbocycles. The number of carbonyl (C=O) groups excluding carboxylic acids is 1. The predicted molar refractivity (Wildman–Crippen MR) is 65.9 cm³/mol. The van der Waals surface area contributed by atoms with Gasteiger partial charge in [-0.3, -0.25) is 4.79 Å². The quantitative estimate of drug-likeness (QED) is 0.587. The van der Waals surface area contributed by atoms with E-state index in [9.17, 15) is 4.79 Å². The van der Waals surface area contributed by atoms with Crippen LogP contribution >= 0.6 is 11.8 Å². The molecule has 0 bridgehead atoms. The number of ether oxygens (including phenoxy) is 1. The molecule has 96 valence electrons. The van der Waals surface area contributed by atoms with Gasteiger partial charge in [-0.25, -0.2) is 0 Å². The number of likely N-dealkylation sites (N-methyl/N-ethyl adjacent to an activating group) is 1. The molecule has 0 amide bonds. The number of nitrogens with zero attached hydrogens (tertiary/aromatic N) is 3. The zero-order chi connectivity index (χ0) is 12.8.